The number of aromatic nitrogens is 1. The van der Waals surface area contributed by atoms with Crippen LogP contribution in [0.3, 0.4) is 0 Å². The summed E-state index contributed by atoms with van der Waals surface area (Å²) in [6.45, 7) is 5.10. The summed E-state index contributed by atoms with van der Waals surface area (Å²) in [4.78, 5) is 28.6. The second-order valence-corrected chi connectivity index (χ2v) is 6.53. The summed E-state index contributed by atoms with van der Waals surface area (Å²) in [5, 5.41) is 2.60. The largest absolute Gasteiger partial charge is 0.416 e. The SMILES string of the molecule is CC(C)(C)C(=O)Nc1cnccc1C(=O)c1cccc(C(F)(F)F)c1. The van der Waals surface area contributed by atoms with Crippen molar-refractivity contribution in [2.24, 2.45) is 5.41 Å². The first kappa shape index (κ1) is 18.6. The van der Waals surface area contributed by atoms with Crippen molar-refractivity contribution in [3.05, 3.63) is 59.4 Å². The highest BCUT2D eigenvalue weighted by Gasteiger charge is 2.31. The number of nitrogens with one attached hydrogen (secondary N) is 1. The monoisotopic (exact) mass is 350 g/mol. The summed E-state index contributed by atoms with van der Waals surface area (Å²) < 4.78 is 38.5. The lowest BCUT2D eigenvalue weighted by Crippen LogP contribution is -2.28. The smallest absolute Gasteiger partial charge is 0.324 e. The van der Waals surface area contributed by atoms with Crippen LogP contribution in [0.15, 0.2) is 42.7 Å². The second kappa shape index (κ2) is 6.66. The molecule has 0 aliphatic heterocycles. The van der Waals surface area contributed by atoms with E-state index >= 15 is 0 Å². The average molecular weight is 350 g/mol. The molecular formula is C18H17F3N2O2. The lowest BCUT2D eigenvalue weighted by atomic mass is 9.95. The van der Waals surface area contributed by atoms with E-state index in [-0.39, 0.29) is 22.7 Å². The fourth-order valence-electron chi connectivity index (χ4n) is 1.99. The Morgan fingerprint density at radius 2 is 1.76 bits per heavy atom. The number of halogens is 3. The fourth-order valence-corrected chi connectivity index (χ4v) is 1.99. The Kier molecular flexibility index (Phi) is 4.97. The molecule has 0 fully saturated rings. The van der Waals surface area contributed by atoms with Gasteiger partial charge >= 0.3 is 6.18 Å². The maximum atomic E-state index is 12.8. The summed E-state index contributed by atoms with van der Waals surface area (Å²) in [7, 11) is 0. The molecule has 132 valence electrons. The van der Waals surface area contributed by atoms with E-state index in [2.05, 4.69) is 10.3 Å². The highest BCUT2D eigenvalue weighted by molar-refractivity contribution is 6.14. The van der Waals surface area contributed by atoms with Gasteiger partial charge in [0.05, 0.1) is 17.4 Å². The molecule has 1 N–H and O–H groups in total. The van der Waals surface area contributed by atoms with Gasteiger partial charge in [-0.2, -0.15) is 13.2 Å². The third-order valence-corrected chi connectivity index (χ3v) is 3.45. The Bertz CT molecular complexity index is 808. The van der Waals surface area contributed by atoms with E-state index in [1.54, 1.807) is 20.8 Å². The fraction of sp³-hybridized carbons (Fsp3) is 0.278. The molecule has 1 heterocycles. The van der Waals surface area contributed by atoms with Crippen molar-refractivity contribution < 1.29 is 22.8 Å². The van der Waals surface area contributed by atoms with Gasteiger partial charge in [0, 0.05) is 22.7 Å². The van der Waals surface area contributed by atoms with E-state index in [1.165, 1.54) is 30.6 Å². The van der Waals surface area contributed by atoms with Gasteiger partial charge in [0.15, 0.2) is 5.78 Å². The van der Waals surface area contributed by atoms with Gasteiger partial charge in [-0.3, -0.25) is 14.6 Å². The zero-order chi connectivity index (χ0) is 18.8. The number of benzene rings is 1. The van der Waals surface area contributed by atoms with Crippen LogP contribution in [0.2, 0.25) is 0 Å². The van der Waals surface area contributed by atoms with Gasteiger partial charge < -0.3 is 5.32 Å². The number of alkyl halides is 3. The quantitative estimate of drug-likeness (QED) is 0.839. The maximum Gasteiger partial charge on any atom is 0.416 e. The van der Waals surface area contributed by atoms with E-state index in [0.717, 1.165) is 12.1 Å². The molecule has 0 saturated carbocycles. The highest BCUT2D eigenvalue weighted by atomic mass is 19.4. The van der Waals surface area contributed by atoms with Crippen molar-refractivity contribution >= 4 is 17.4 Å². The zero-order valence-electron chi connectivity index (χ0n) is 13.9. The maximum absolute atomic E-state index is 12.8. The lowest BCUT2D eigenvalue weighted by molar-refractivity contribution is -0.137. The first-order chi connectivity index (χ1) is 11.5. The van der Waals surface area contributed by atoms with Crippen LogP contribution in [-0.2, 0) is 11.0 Å². The van der Waals surface area contributed by atoms with Crippen LogP contribution in [0, 0.1) is 5.41 Å². The number of hydrogen-bond donors (Lipinski definition) is 1. The van der Waals surface area contributed by atoms with Gasteiger partial charge in [0.2, 0.25) is 5.91 Å². The topological polar surface area (TPSA) is 59.1 Å². The number of carbonyl (C=O) groups is 2. The van der Waals surface area contributed by atoms with E-state index in [9.17, 15) is 22.8 Å². The molecule has 25 heavy (non-hydrogen) atoms. The molecule has 0 saturated heterocycles. The number of rotatable bonds is 3. The van der Waals surface area contributed by atoms with Crippen molar-refractivity contribution in [3.8, 4) is 0 Å². The van der Waals surface area contributed by atoms with Crippen LogP contribution in [-0.4, -0.2) is 16.7 Å². The molecule has 0 bridgehead atoms. The van der Waals surface area contributed by atoms with Crippen LogP contribution in [0.5, 0.6) is 0 Å². The molecule has 2 rings (SSSR count). The van der Waals surface area contributed by atoms with Crippen LogP contribution in [0.1, 0.15) is 42.3 Å². The van der Waals surface area contributed by atoms with Crippen LogP contribution < -0.4 is 5.32 Å². The van der Waals surface area contributed by atoms with Gasteiger partial charge in [-0.15, -0.1) is 0 Å². The molecule has 0 aliphatic carbocycles. The summed E-state index contributed by atoms with van der Waals surface area (Å²) >= 11 is 0. The molecule has 1 amide bonds. The van der Waals surface area contributed by atoms with Crippen LogP contribution in [0.25, 0.3) is 0 Å². The molecule has 1 aromatic heterocycles. The predicted molar refractivity (Wildman–Crippen MR) is 87.2 cm³/mol. The molecule has 1 aromatic carbocycles. The molecule has 7 heteroatoms. The van der Waals surface area contributed by atoms with Gasteiger partial charge in [0.1, 0.15) is 0 Å². The first-order valence-corrected chi connectivity index (χ1v) is 7.47. The lowest BCUT2D eigenvalue weighted by Gasteiger charge is -2.19. The third-order valence-electron chi connectivity index (χ3n) is 3.45. The second-order valence-electron chi connectivity index (χ2n) is 6.53. The Hall–Kier alpha value is -2.70. The minimum absolute atomic E-state index is 0.0759. The molecule has 0 spiro atoms. The molecule has 0 aliphatic rings. The molecular weight excluding hydrogens is 333 g/mol. The zero-order valence-corrected chi connectivity index (χ0v) is 13.9. The Balaban J connectivity index is 2.40. The van der Waals surface area contributed by atoms with E-state index < -0.39 is 22.9 Å². The van der Waals surface area contributed by atoms with Gasteiger partial charge in [-0.1, -0.05) is 32.9 Å². The molecule has 4 nitrogen and oxygen atoms in total. The Morgan fingerprint density at radius 3 is 2.36 bits per heavy atom. The summed E-state index contributed by atoms with van der Waals surface area (Å²) in [5.41, 5.74) is -1.50. The minimum atomic E-state index is -4.54. The third kappa shape index (κ3) is 4.43. The van der Waals surface area contributed by atoms with Gasteiger partial charge in [-0.05, 0) is 18.2 Å². The Morgan fingerprint density at radius 1 is 1.08 bits per heavy atom. The van der Waals surface area contributed by atoms with Crippen LogP contribution >= 0.6 is 0 Å². The number of ketones is 1. The van der Waals surface area contributed by atoms with E-state index in [1.807, 2.05) is 0 Å². The van der Waals surface area contributed by atoms with Gasteiger partial charge in [0.25, 0.3) is 0 Å². The van der Waals surface area contributed by atoms with E-state index in [0.29, 0.717) is 0 Å². The number of amides is 1. The molecule has 0 unspecified atom stereocenters. The van der Waals surface area contributed by atoms with Crippen molar-refractivity contribution in [1.29, 1.82) is 0 Å². The minimum Gasteiger partial charge on any atom is -0.324 e. The van der Waals surface area contributed by atoms with Crippen molar-refractivity contribution in [1.82, 2.24) is 4.98 Å². The number of carbonyl (C=O) groups excluding carboxylic acids is 2. The van der Waals surface area contributed by atoms with Crippen molar-refractivity contribution in [3.63, 3.8) is 0 Å². The highest BCUT2D eigenvalue weighted by Crippen LogP contribution is 2.30. The number of anilines is 1. The molecule has 0 radical (unpaired) electrons. The standard InChI is InChI=1S/C18H17F3N2O2/c1-17(2,3)16(25)23-14-10-22-8-7-13(14)15(24)11-5-4-6-12(9-11)18(19,20)21/h4-10H,1-3H3,(H,23,25). The molecule has 0 atom stereocenters. The van der Waals surface area contributed by atoms with Crippen molar-refractivity contribution in [2.75, 3.05) is 5.32 Å². The number of nitrogens with zero attached hydrogens (tertiary/aromatic N) is 1. The Labute approximate surface area is 143 Å². The van der Waals surface area contributed by atoms with E-state index in [4.69, 9.17) is 0 Å². The first-order valence-electron chi connectivity index (χ1n) is 7.47. The normalized spacial score (nSPS) is 11.9. The number of pyridine rings is 1. The molecule has 2 aromatic rings. The predicted octanol–water partition coefficient (Wildman–Crippen LogP) is 4.32. The van der Waals surface area contributed by atoms with Crippen LogP contribution in [0.4, 0.5) is 18.9 Å². The summed E-state index contributed by atoms with van der Waals surface area (Å²) in [6.07, 6.45) is -1.91. The van der Waals surface area contributed by atoms with Gasteiger partial charge in [-0.25, -0.2) is 0 Å². The summed E-state index contributed by atoms with van der Waals surface area (Å²) in [5.74, 6) is -0.962. The average Bonchev–Trinajstić information content (AvgIpc) is 2.53. The van der Waals surface area contributed by atoms with Crippen molar-refractivity contribution in [2.45, 2.75) is 26.9 Å². The summed E-state index contributed by atoms with van der Waals surface area (Å²) in [6, 6.07) is 5.52. The number of hydrogen-bond acceptors (Lipinski definition) is 3.